The summed E-state index contributed by atoms with van der Waals surface area (Å²) in [4.78, 5) is 11.7. The third-order valence-electron chi connectivity index (χ3n) is 2.76. The fourth-order valence-corrected chi connectivity index (χ4v) is 1.86. The molecular weight excluding hydrogens is 212 g/mol. The molecule has 0 aromatic heterocycles. The van der Waals surface area contributed by atoms with Gasteiger partial charge in [-0.1, -0.05) is 43.7 Å². The summed E-state index contributed by atoms with van der Waals surface area (Å²) in [6.07, 6.45) is 2.43. The van der Waals surface area contributed by atoms with E-state index in [9.17, 15) is 4.79 Å². The second-order valence-electron chi connectivity index (χ2n) is 4.48. The lowest BCUT2D eigenvalue weighted by Gasteiger charge is -2.15. The number of amides is 1. The Kier molecular flexibility index (Phi) is 5.70. The molecule has 94 valence electrons. The minimum Gasteiger partial charge on any atom is -0.354 e. The van der Waals surface area contributed by atoms with Crippen molar-refractivity contribution in [1.29, 1.82) is 0 Å². The molecule has 0 spiro atoms. The molecule has 0 fully saturated rings. The molecule has 17 heavy (non-hydrogen) atoms. The summed E-state index contributed by atoms with van der Waals surface area (Å²) in [7, 11) is 0. The van der Waals surface area contributed by atoms with Crippen LogP contribution >= 0.6 is 0 Å². The Labute approximate surface area is 103 Å². The van der Waals surface area contributed by atoms with Gasteiger partial charge < -0.3 is 11.1 Å². The Morgan fingerprint density at radius 2 is 2.00 bits per heavy atom. The highest BCUT2D eigenvalue weighted by molar-refractivity contribution is 5.77. The maximum atomic E-state index is 11.7. The van der Waals surface area contributed by atoms with Crippen molar-refractivity contribution >= 4 is 5.91 Å². The van der Waals surface area contributed by atoms with E-state index in [1.54, 1.807) is 0 Å². The Morgan fingerprint density at radius 3 is 2.59 bits per heavy atom. The first kappa shape index (κ1) is 13.7. The van der Waals surface area contributed by atoms with Crippen molar-refractivity contribution in [1.82, 2.24) is 5.32 Å². The second kappa shape index (κ2) is 7.07. The Bertz CT molecular complexity index is 337. The van der Waals surface area contributed by atoms with E-state index in [1.807, 2.05) is 37.3 Å². The molecule has 2 unspecified atom stereocenters. The fraction of sp³-hybridized carbons (Fsp3) is 0.500. The third kappa shape index (κ3) is 5.00. The highest BCUT2D eigenvalue weighted by atomic mass is 16.1. The van der Waals surface area contributed by atoms with Crippen LogP contribution in [0.25, 0.3) is 0 Å². The quantitative estimate of drug-likeness (QED) is 0.794. The lowest BCUT2D eigenvalue weighted by molar-refractivity contribution is -0.122. The van der Waals surface area contributed by atoms with Gasteiger partial charge in [0.1, 0.15) is 0 Å². The van der Waals surface area contributed by atoms with Crippen molar-refractivity contribution in [2.45, 2.75) is 45.2 Å². The van der Waals surface area contributed by atoms with Crippen LogP contribution in [0.5, 0.6) is 0 Å². The maximum Gasteiger partial charge on any atom is 0.222 e. The molecule has 0 radical (unpaired) electrons. The van der Waals surface area contributed by atoms with Crippen LogP contribution in [0.4, 0.5) is 0 Å². The molecule has 1 aromatic carbocycles. The van der Waals surface area contributed by atoms with E-state index in [2.05, 4.69) is 12.2 Å². The van der Waals surface area contributed by atoms with E-state index < -0.39 is 0 Å². The zero-order valence-corrected chi connectivity index (χ0v) is 10.6. The molecule has 0 saturated carbocycles. The van der Waals surface area contributed by atoms with Crippen LogP contribution in [0, 0.1) is 0 Å². The van der Waals surface area contributed by atoms with E-state index in [-0.39, 0.29) is 18.0 Å². The highest BCUT2D eigenvalue weighted by Crippen LogP contribution is 2.13. The van der Waals surface area contributed by atoms with Crippen molar-refractivity contribution in [3.05, 3.63) is 35.9 Å². The second-order valence-corrected chi connectivity index (χ2v) is 4.48. The average Bonchev–Trinajstić information content (AvgIpc) is 2.30. The van der Waals surface area contributed by atoms with Crippen LogP contribution in [-0.4, -0.2) is 11.9 Å². The van der Waals surface area contributed by atoms with E-state index in [1.165, 1.54) is 0 Å². The first-order chi connectivity index (χ1) is 8.13. The van der Waals surface area contributed by atoms with Crippen LogP contribution in [0.3, 0.4) is 0 Å². The zero-order valence-electron chi connectivity index (χ0n) is 10.6. The summed E-state index contributed by atoms with van der Waals surface area (Å²) in [5.41, 5.74) is 6.99. The number of hydrogen-bond acceptors (Lipinski definition) is 2. The summed E-state index contributed by atoms with van der Waals surface area (Å²) in [6.45, 7) is 4.13. The van der Waals surface area contributed by atoms with E-state index in [0.29, 0.717) is 6.42 Å². The van der Waals surface area contributed by atoms with Gasteiger partial charge in [0.05, 0.1) is 0 Å². The number of carbonyl (C=O) groups excluding carboxylic acids is 1. The molecule has 0 bridgehead atoms. The smallest absolute Gasteiger partial charge is 0.222 e. The van der Waals surface area contributed by atoms with Gasteiger partial charge in [-0.05, 0) is 18.9 Å². The molecule has 1 rings (SSSR count). The molecule has 3 N–H and O–H groups in total. The standard InChI is InChI=1S/C14H22N2O/c1-3-7-11(2)16-14(17)10-13(15)12-8-5-4-6-9-12/h4-6,8-9,11,13H,3,7,10,15H2,1-2H3,(H,16,17). The van der Waals surface area contributed by atoms with Gasteiger partial charge in [-0.25, -0.2) is 0 Å². The number of nitrogens with one attached hydrogen (secondary N) is 1. The predicted octanol–water partition coefficient (Wildman–Crippen LogP) is 2.38. The van der Waals surface area contributed by atoms with Gasteiger partial charge in [0.25, 0.3) is 0 Å². The van der Waals surface area contributed by atoms with Crippen LogP contribution in [0.15, 0.2) is 30.3 Å². The summed E-state index contributed by atoms with van der Waals surface area (Å²) in [6, 6.07) is 9.74. The topological polar surface area (TPSA) is 55.1 Å². The largest absolute Gasteiger partial charge is 0.354 e. The lowest BCUT2D eigenvalue weighted by Crippen LogP contribution is -2.34. The van der Waals surface area contributed by atoms with Gasteiger partial charge in [-0.2, -0.15) is 0 Å². The van der Waals surface area contributed by atoms with Crippen LogP contribution < -0.4 is 11.1 Å². The van der Waals surface area contributed by atoms with Crippen molar-refractivity contribution in [2.75, 3.05) is 0 Å². The van der Waals surface area contributed by atoms with Crippen molar-refractivity contribution in [3.8, 4) is 0 Å². The minimum absolute atomic E-state index is 0.0299. The SMILES string of the molecule is CCCC(C)NC(=O)CC(N)c1ccccc1. The molecular formula is C14H22N2O. The molecule has 3 heteroatoms. The summed E-state index contributed by atoms with van der Waals surface area (Å²) in [5.74, 6) is 0.0299. The Hall–Kier alpha value is -1.35. The highest BCUT2D eigenvalue weighted by Gasteiger charge is 2.12. The van der Waals surface area contributed by atoms with E-state index in [0.717, 1.165) is 18.4 Å². The van der Waals surface area contributed by atoms with Gasteiger partial charge in [-0.15, -0.1) is 0 Å². The molecule has 0 aliphatic rings. The van der Waals surface area contributed by atoms with E-state index >= 15 is 0 Å². The fourth-order valence-electron chi connectivity index (χ4n) is 1.86. The molecule has 1 amide bonds. The minimum atomic E-state index is -0.218. The molecule has 0 saturated heterocycles. The lowest BCUT2D eigenvalue weighted by atomic mass is 10.0. The first-order valence-electron chi connectivity index (χ1n) is 6.23. The summed E-state index contributed by atoms with van der Waals surface area (Å²) < 4.78 is 0. The number of nitrogens with two attached hydrogens (primary N) is 1. The number of benzene rings is 1. The maximum absolute atomic E-state index is 11.7. The molecule has 1 aromatic rings. The molecule has 0 aliphatic carbocycles. The van der Waals surface area contributed by atoms with Crippen molar-refractivity contribution in [3.63, 3.8) is 0 Å². The van der Waals surface area contributed by atoms with Gasteiger partial charge in [0.15, 0.2) is 0 Å². The van der Waals surface area contributed by atoms with Gasteiger partial charge in [-0.3, -0.25) is 4.79 Å². The molecule has 2 atom stereocenters. The van der Waals surface area contributed by atoms with Crippen LogP contribution in [0.1, 0.15) is 44.7 Å². The first-order valence-corrected chi connectivity index (χ1v) is 6.23. The average molecular weight is 234 g/mol. The summed E-state index contributed by atoms with van der Waals surface area (Å²) in [5, 5.41) is 2.96. The van der Waals surface area contributed by atoms with Crippen LogP contribution in [-0.2, 0) is 4.79 Å². The normalized spacial score (nSPS) is 14.1. The van der Waals surface area contributed by atoms with E-state index in [4.69, 9.17) is 5.73 Å². The third-order valence-corrected chi connectivity index (χ3v) is 2.76. The number of rotatable bonds is 6. The zero-order chi connectivity index (χ0) is 12.7. The molecule has 0 aliphatic heterocycles. The van der Waals surface area contributed by atoms with Gasteiger partial charge in [0, 0.05) is 18.5 Å². The van der Waals surface area contributed by atoms with Crippen LogP contribution in [0.2, 0.25) is 0 Å². The molecule has 0 heterocycles. The van der Waals surface area contributed by atoms with Gasteiger partial charge in [0.2, 0.25) is 5.91 Å². The Balaban J connectivity index is 2.41. The Morgan fingerprint density at radius 1 is 1.35 bits per heavy atom. The van der Waals surface area contributed by atoms with Gasteiger partial charge >= 0.3 is 0 Å². The number of hydrogen-bond donors (Lipinski definition) is 2. The number of carbonyl (C=O) groups is 1. The molecule has 3 nitrogen and oxygen atoms in total. The van der Waals surface area contributed by atoms with Crippen molar-refractivity contribution < 1.29 is 4.79 Å². The monoisotopic (exact) mass is 234 g/mol. The predicted molar refractivity (Wildman–Crippen MR) is 70.5 cm³/mol. The van der Waals surface area contributed by atoms with Crippen molar-refractivity contribution in [2.24, 2.45) is 5.73 Å². The summed E-state index contributed by atoms with van der Waals surface area (Å²) >= 11 is 0.